The number of aromatic amines is 1. The number of ether oxygens (including phenoxy) is 1. The van der Waals surface area contributed by atoms with Crippen molar-refractivity contribution in [2.75, 3.05) is 36.9 Å². The number of anilines is 2. The number of nitrogens with zero attached hydrogens (tertiary/aromatic N) is 2. The first kappa shape index (κ1) is 19.6. The molecule has 2 heterocycles. The number of imidazole rings is 1. The summed E-state index contributed by atoms with van der Waals surface area (Å²) in [6.45, 7) is 1.26. The first-order valence-corrected chi connectivity index (χ1v) is 10.6. The van der Waals surface area contributed by atoms with Crippen molar-refractivity contribution in [2.45, 2.75) is 4.90 Å². The Hall–Kier alpha value is -2.66. The van der Waals surface area contributed by atoms with Crippen LogP contribution in [0.3, 0.4) is 0 Å². The first-order valence-electron chi connectivity index (χ1n) is 8.82. The van der Waals surface area contributed by atoms with Gasteiger partial charge in [0.1, 0.15) is 0 Å². The van der Waals surface area contributed by atoms with E-state index in [1.807, 2.05) is 0 Å². The average Bonchev–Trinajstić information content (AvgIpc) is 3.18. The van der Waals surface area contributed by atoms with Gasteiger partial charge in [0.15, 0.2) is 0 Å². The van der Waals surface area contributed by atoms with Crippen LogP contribution in [0.15, 0.2) is 47.6 Å². The number of fused-ring (bicyclic) bond motifs is 1. The number of H-pyrrole nitrogens is 1. The number of morpholine rings is 1. The number of nitrogens with one attached hydrogen (secondary N) is 3. The Kier molecular flexibility index (Phi) is 5.41. The number of carbonyl (C=O) groups excluding carboxylic acids is 1. The van der Waals surface area contributed by atoms with Crippen molar-refractivity contribution in [3.63, 3.8) is 0 Å². The Morgan fingerprint density at radius 3 is 2.72 bits per heavy atom. The van der Waals surface area contributed by atoms with Gasteiger partial charge in [-0.1, -0.05) is 11.6 Å². The molecule has 0 atom stereocenters. The molecule has 1 saturated heterocycles. The van der Waals surface area contributed by atoms with Crippen molar-refractivity contribution in [1.29, 1.82) is 0 Å². The highest BCUT2D eigenvalue weighted by Gasteiger charge is 2.27. The van der Waals surface area contributed by atoms with Gasteiger partial charge in [0, 0.05) is 18.8 Å². The van der Waals surface area contributed by atoms with Crippen LogP contribution in [0.4, 0.5) is 16.2 Å². The lowest BCUT2D eigenvalue weighted by atomic mass is 10.3. The quantitative estimate of drug-likeness (QED) is 0.582. The number of hydrogen-bond acceptors (Lipinski definition) is 5. The van der Waals surface area contributed by atoms with E-state index in [-0.39, 0.29) is 28.7 Å². The summed E-state index contributed by atoms with van der Waals surface area (Å²) in [6, 6.07) is 8.89. The number of carbonyl (C=O) groups is 1. The van der Waals surface area contributed by atoms with Crippen LogP contribution < -0.4 is 10.6 Å². The summed E-state index contributed by atoms with van der Waals surface area (Å²) in [5.41, 5.74) is 2.30. The second-order valence-corrected chi connectivity index (χ2v) is 8.72. The van der Waals surface area contributed by atoms with Crippen LogP contribution in [0.2, 0.25) is 5.02 Å². The molecule has 9 nitrogen and oxygen atoms in total. The first-order chi connectivity index (χ1) is 13.9. The molecule has 0 bridgehead atoms. The highest BCUT2D eigenvalue weighted by Crippen LogP contribution is 2.27. The van der Waals surface area contributed by atoms with Gasteiger partial charge in [-0.25, -0.2) is 18.2 Å². The molecule has 152 valence electrons. The van der Waals surface area contributed by atoms with Gasteiger partial charge in [-0.3, -0.25) is 0 Å². The molecule has 3 aromatic rings. The third-order valence-corrected chi connectivity index (χ3v) is 6.70. The van der Waals surface area contributed by atoms with E-state index < -0.39 is 16.1 Å². The van der Waals surface area contributed by atoms with Gasteiger partial charge in [-0.15, -0.1) is 0 Å². The van der Waals surface area contributed by atoms with Gasteiger partial charge < -0.3 is 20.4 Å². The standard InChI is InChI=1S/C18H18ClN5O4S/c19-14-3-2-13(29(26,27)24-5-7-28-8-6-24)10-16(14)23-18(25)22-12-1-4-15-17(9-12)21-11-20-15/h1-4,9-11H,5-8H2,(H,20,21)(H2,22,23,25). The largest absolute Gasteiger partial charge is 0.379 e. The molecule has 4 rings (SSSR count). The molecule has 0 radical (unpaired) electrons. The molecule has 2 aromatic carbocycles. The zero-order valence-corrected chi connectivity index (χ0v) is 16.8. The van der Waals surface area contributed by atoms with Gasteiger partial charge >= 0.3 is 6.03 Å². The van der Waals surface area contributed by atoms with Gasteiger partial charge in [0.05, 0.1) is 46.2 Å². The molecule has 0 saturated carbocycles. The molecule has 1 aromatic heterocycles. The van der Waals surface area contributed by atoms with E-state index in [4.69, 9.17) is 16.3 Å². The lowest BCUT2D eigenvalue weighted by molar-refractivity contribution is 0.0730. The van der Waals surface area contributed by atoms with Gasteiger partial charge in [0.25, 0.3) is 0 Å². The van der Waals surface area contributed by atoms with Crippen LogP contribution in [0, 0.1) is 0 Å². The number of halogens is 1. The third kappa shape index (κ3) is 4.20. The summed E-state index contributed by atoms with van der Waals surface area (Å²) in [5, 5.41) is 5.52. The van der Waals surface area contributed by atoms with E-state index >= 15 is 0 Å². The number of amides is 2. The zero-order valence-electron chi connectivity index (χ0n) is 15.2. The molecule has 0 unspecified atom stereocenters. The Labute approximate surface area is 172 Å². The number of urea groups is 1. The molecule has 11 heteroatoms. The molecule has 1 aliphatic rings. The lowest BCUT2D eigenvalue weighted by Gasteiger charge is -2.26. The SMILES string of the molecule is O=C(Nc1ccc2nc[nH]c2c1)Nc1cc(S(=O)(=O)N2CCOCC2)ccc1Cl. The van der Waals surface area contributed by atoms with Gasteiger partial charge in [-0.05, 0) is 36.4 Å². The normalized spacial score (nSPS) is 15.3. The fourth-order valence-corrected chi connectivity index (χ4v) is 4.59. The average molecular weight is 436 g/mol. The van der Waals surface area contributed by atoms with E-state index in [0.29, 0.717) is 18.9 Å². The van der Waals surface area contributed by atoms with Crippen molar-refractivity contribution in [3.05, 3.63) is 47.7 Å². The molecule has 1 aliphatic heterocycles. The van der Waals surface area contributed by atoms with E-state index in [1.54, 1.807) is 24.5 Å². The fourth-order valence-electron chi connectivity index (χ4n) is 2.99. The number of sulfonamides is 1. The molecule has 29 heavy (non-hydrogen) atoms. The Morgan fingerprint density at radius 2 is 1.93 bits per heavy atom. The van der Waals surface area contributed by atoms with Gasteiger partial charge in [-0.2, -0.15) is 4.31 Å². The molecule has 0 spiro atoms. The van der Waals surface area contributed by atoms with Crippen molar-refractivity contribution in [3.8, 4) is 0 Å². The zero-order chi connectivity index (χ0) is 20.4. The maximum atomic E-state index is 12.8. The monoisotopic (exact) mass is 435 g/mol. The maximum absolute atomic E-state index is 12.8. The van der Waals surface area contributed by atoms with Gasteiger partial charge in [0.2, 0.25) is 10.0 Å². The Balaban J connectivity index is 1.51. The number of rotatable bonds is 4. The second kappa shape index (κ2) is 7.99. The smallest absolute Gasteiger partial charge is 0.323 e. The van der Waals surface area contributed by atoms with Crippen molar-refractivity contribution < 1.29 is 17.9 Å². The van der Waals surface area contributed by atoms with Crippen LogP contribution in [-0.4, -0.2) is 55.0 Å². The maximum Gasteiger partial charge on any atom is 0.323 e. The minimum Gasteiger partial charge on any atom is -0.379 e. The summed E-state index contributed by atoms with van der Waals surface area (Å²) in [4.78, 5) is 19.5. The van der Waals surface area contributed by atoms with E-state index in [0.717, 1.165) is 11.0 Å². The lowest BCUT2D eigenvalue weighted by Crippen LogP contribution is -2.40. The Bertz CT molecular complexity index is 1160. The minimum absolute atomic E-state index is 0.0537. The Morgan fingerprint density at radius 1 is 1.14 bits per heavy atom. The van der Waals surface area contributed by atoms with Crippen LogP contribution in [0.25, 0.3) is 11.0 Å². The van der Waals surface area contributed by atoms with E-state index in [2.05, 4.69) is 20.6 Å². The van der Waals surface area contributed by atoms with Crippen molar-refractivity contribution in [2.24, 2.45) is 0 Å². The predicted molar refractivity (Wildman–Crippen MR) is 110 cm³/mol. The summed E-state index contributed by atoms with van der Waals surface area (Å²) in [5.74, 6) is 0. The van der Waals surface area contributed by atoms with Crippen molar-refractivity contribution >= 4 is 50.1 Å². The van der Waals surface area contributed by atoms with Crippen molar-refractivity contribution in [1.82, 2.24) is 14.3 Å². The number of benzene rings is 2. The van der Waals surface area contributed by atoms with Crippen LogP contribution in [-0.2, 0) is 14.8 Å². The molecule has 1 fully saturated rings. The number of hydrogen-bond donors (Lipinski definition) is 3. The minimum atomic E-state index is -3.70. The fraction of sp³-hybridized carbons (Fsp3) is 0.222. The second-order valence-electron chi connectivity index (χ2n) is 6.37. The van der Waals surface area contributed by atoms with Crippen LogP contribution >= 0.6 is 11.6 Å². The summed E-state index contributed by atoms with van der Waals surface area (Å²) < 4.78 is 32.2. The molecular formula is C18H18ClN5O4S. The summed E-state index contributed by atoms with van der Waals surface area (Å²) >= 11 is 6.16. The predicted octanol–water partition coefficient (Wildman–Crippen LogP) is 2.88. The van der Waals surface area contributed by atoms with E-state index in [1.165, 1.54) is 22.5 Å². The van der Waals surface area contributed by atoms with Crippen LogP contribution in [0.1, 0.15) is 0 Å². The molecular weight excluding hydrogens is 418 g/mol. The van der Waals surface area contributed by atoms with Crippen LogP contribution in [0.5, 0.6) is 0 Å². The summed E-state index contributed by atoms with van der Waals surface area (Å²) in [7, 11) is -3.70. The highest BCUT2D eigenvalue weighted by atomic mass is 35.5. The highest BCUT2D eigenvalue weighted by molar-refractivity contribution is 7.89. The molecule has 3 N–H and O–H groups in total. The number of aromatic nitrogens is 2. The summed E-state index contributed by atoms with van der Waals surface area (Å²) in [6.07, 6.45) is 1.56. The third-order valence-electron chi connectivity index (χ3n) is 4.47. The van der Waals surface area contributed by atoms with E-state index in [9.17, 15) is 13.2 Å². The topological polar surface area (TPSA) is 116 Å². The molecule has 2 amide bonds. The molecule has 0 aliphatic carbocycles.